The fourth-order valence-electron chi connectivity index (χ4n) is 1.63. The Morgan fingerprint density at radius 2 is 2.05 bits per heavy atom. The molecule has 20 heavy (non-hydrogen) atoms. The van der Waals surface area contributed by atoms with Crippen molar-refractivity contribution in [3.05, 3.63) is 65.9 Å². The number of carbonyl (C=O) groups excluding carboxylic acids is 1. The molecule has 0 amide bonds. The fraction of sp³-hybridized carbons (Fsp3) is 0.0714. The molecule has 0 aliphatic rings. The predicted molar refractivity (Wildman–Crippen MR) is 70.4 cm³/mol. The molecule has 0 spiro atoms. The van der Waals surface area contributed by atoms with Crippen molar-refractivity contribution in [2.24, 2.45) is 0 Å². The Bertz CT molecular complexity index is 659. The molecule has 6 heteroatoms. The summed E-state index contributed by atoms with van der Waals surface area (Å²) in [5.41, 5.74) is 1.14. The lowest BCUT2D eigenvalue weighted by molar-refractivity contribution is -0.135. The molecule has 0 saturated carbocycles. The number of aliphatic hydroxyl groups excluding tert-OH is 1. The molecule has 0 aromatic carbocycles. The second kappa shape index (κ2) is 5.83. The molecule has 0 aliphatic carbocycles. The zero-order chi connectivity index (χ0) is 14.5. The van der Waals surface area contributed by atoms with E-state index in [1.807, 2.05) is 18.2 Å². The largest absolute Gasteiger partial charge is 0.502 e. The van der Waals surface area contributed by atoms with E-state index in [-0.39, 0.29) is 0 Å². The highest BCUT2D eigenvalue weighted by molar-refractivity contribution is 6.07. The van der Waals surface area contributed by atoms with Crippen LogP contribution in [0.4, 0.5) is 0 Å². The maximum Gasteiger partial charge on any atom is 0.371 e. The quantitative estimate of drug-likeness (QED) is 0.490. The van der Waals surface area contributed by atoms with Gasteiger partial charge in [-0.25, -0.2) is 4.79 Å². The molecule has 2 heterocycles. The van der Waals surface area contributed by atoms with E-state index in [0.717, 1.165) is 5.69 Å². The Hall–Kier alpha value is -2.89. The lowest BCUT2D eigenvalue weighted by Gasteiger charge is -2.01. The first-order valence-corrected chi connectivity index (χ1v) is 5.80. The molecule has 0 unspecified atom stereocenters. The van der Waals surface area contributed by atoms with Crippen LogP contribution in [0.25, 0.3) is 0 Å². The van der Waals surface area contributed by atoms with E-state index in [2.05, 4.69) is 4.98 Å². The summed E-state index contributed by atoms with van der Waals surface area (Å²) in [5, 5.41) is 17.5. The molecular formula is C14H12N2O4. The number of aliphatic hydroxyl groups is 1. The van der Waals surface area contributed by atoms with Gasteiger partial charge in [-0.05, 0) is 18.2 Å². The van der Waals surface area contributed by atoms with Gasteiger partial charge in [0.05, 0.1) is 12.2 Å². The van der Waals surface area contributed by atoms with Crippen LogP contribution in [0.3, 0.4) is 0 Å². The molecule has 6 nitrogen and oxygen atoms in total. The summed E-state index contributed by atoms with van der Waals surface area (Å²) in [7, 11) is 0. The number of aromatic nitrogens is 2. The third-order valence-electron chi connectivity index (χ3n) is 2.59. The average Bonchev–Trinajstić information content (AvgIpc) is 2.88. The molecule has 0 fully saturated rings. The van der Waals surface area contributed by atoms with Gasteiger partial charge in [0.25, 0.3) is 0 Å². The van der Waals surface area contributed by atoms with E-state index < -0.39 is 17.5 Å². The minimum Gasteiger partial charge on any atom is -0.502 e. The molecule has 0 aliphatic heterocycles. The number of carboxylic acids is 1. The van der Waals surface area contributed by atoms with Crippen molar-refractivity contribution in [1.82, 2.24) is 9.55 Å². The zero-order valence-electron chi connectivity index (χ0n) is 10.4. The maximum atomic E-state index is 11.7. The number of hydrogen-bond acceptors (Lipinski definition) is 4. The van der Waals surface area contributed by atoms with Crippen molar-refractivity contribution in [3.63, 3.8) is 0 Å². The van der Waals surface area contributed by atoms with Gasteiger partial charge in [-0.3, -0.25) is 9.78 Å². The Morgan fingerprint density at radius 3 is 2.70 bits per heavy atom. The molecule has 102 valence electrons. The SMILES string of the molecule is O=C(O)/C(O)=C/C(=O)c1ccn(Cc2ccccn2)c1. The fourth-order valence-corrected chi connectivity index (χ4v) is 1.63. The first-order chi connectivity index (χ1) is 9.56. The lowest BCUT2D eigenvalue weighted by atomic mass is 10.2. The minimum absolute atomic E-state index is 0.300. The summed E-state index contributed by atoms with van der Waals surface area (Å²) < 4.78 is 1.75. The normalized spacial score (nSPS) is 11.3. The van der Waals surface area contributed by atoms with E-state index >= 15 is 0 Å². The van der Waals surface area contributed by atoms with Gasteiger partial charge in [-0.15, -0.1) is 0 Å². The predicted octanol–water partition coefficient (Wildman–Crippen LogP) is 1.64. The van der Waals surface area contributed by atoms with Crippen LogP contribution >= 0.6 is 0 Å². The first-order valence-electron chi connectivity index (χ1n) is 5.80. The van der Waals surface area contributed by atoms with Crippen LogP contribution in [0, 0.1) is 0 Å². The summed E-state index contributed by atoms with van der Waals surface area (Å²) >= 11 is 0. The van der Waals surface area contributed by atoms with Gasteiger partial charge in [0.15, 0.2) is 5.78 Å². The van der Waals surface area contributed by atoms with Gasteiger partial charge in [0.1, 0.15) is 0 Å². The monoisotopic (exact) mass is 272 g/mol. The number of allylic oxidation sites excluding steroid dienone is 1. The van der Waals surface area contributed by atoms with Gasteiger partial charge >= 0.3 is 5.97 Å². The summed E-state index contributed by atoms with van der Waals surface area (Å²) in [5.74, 6) is -3.08. The summed E-state index contributed by atoms with van der Waals surface area (Å²) in [4.78, 5) is 26.3. The van der Waals surface area contributed by atoms with E-state index in [1.54, 1.807) is 29.2 Å². The van der Waals surface area contributed by atoms with Gasteiger partial charge in [0.2, 0.25) is 5.76 Å². The van der Waals surface area contributed by atoms with Crippen molar-refractivity contribution in [2.45, 2.75) is 6.54 Å². The molecule has 0 atom stereocenters. The highest BCUT2D eigenvalue weighted by Crippen LogP contribution is 2.07. The Balaban J connectivity index is 2.11. The van der Waals surface area contributed by atoms with Crippen molar-refractivity contribution in [2.75, 3.05) is 0 Å². The zero-order valence-corrected chi connectivity index (χ0v) is 10.4. The van der Waals surface area contributed by atoms with Crippen LogP contribution in [0.1, 0.15) is 16.1 Å². The summed E-state index contributed by atoms with van der Waals surface area (Å²) in [6, 6.07) is 7.09. The maximum absolute atomic E-state index is 11.7. The van der Waals surface area contributed by atoms with Crippen LogP contribution in [-0.4, -0.2) is 31.5 Å². The second-order valence-corrected chi connectivity index (χ2v) is 4.09. The van der Waals surface area contributed by atoms with Crippen LogP contribution in [0.2, 0.25) is 0 Å². The van der Waals surface area contributed by atoms with E-state index in [1.165, 1.54) is 0 Å². The molecule has 2 rings (SSSR count). The Kier molecular flexibility index (Phi) is 3.95. The number of aliphatic carboxylic acids is 1. The van der Waals surface area contributed by atoms with Gasteiger partial charge in [0, 0.05) is 30.2 Å². The average molecular weight is 272 g/mol. The van der Waals surface area contributed by atoms with Crippen molar-refractivity contribution in [3.8, 4) is 0 Å². The molecule has 2 aromatic rings. The Morgan fingerprint density at radius 1 is 1.25 bits per heavy atom. The van der Waals surface area contributed by atoms with Crippen LogP contribution in [0.5, 0.6) is 0 Å². The van der Waals surface area contributed by atoms with E-state index in [4.69, 9.17) is 10.2 Å². The molecule has 0 saturated heterocycles. The highest BCUT2D eigenvalue weighted by Gasteiger charge is 2.10. The van der Waals surface area contributed by atoms with Crippen LogP contribution in [0.15, 0.2) is 54.7 Å². The number of carboxylic acid groups (broad SMARTS) is 1. The lowest BCUT2D eigenvalue weighted by Crippen LogP contribution is -2.03. The molecule has 0 bridgehead atoms. The van der Waals surface area contributed by atoms with E-state index in [0.29, 0.717) is 18.2 Å². The number of rotatable bonds is 5. The molecular weight excluding hydrogens is 260 g/mol. The second-order valence-electron chi connectivity index (χ2n) is 4.09. The molecule has 2 N–H and O–H groups in total. The smallest absolute Gasteiger partial charge is 0.371 e. The van der Waals surface area contributed by atoms with Crippen LogP contribution in [-0.2, 0) is 11.3 Å². The van der Waals surface area contributed by atoms with Gasteiger partial charge < -0.3 is 14.8 Å². The number of nitrogens with zero attached hydrogens (tertiary/aromatic N) is 2. The standard InChI is InChI=1S/C14H12N2O4/c17-12(7-13(18)14(19)20)10-4-6-16(8-10)9-11-3-1-2-5-15-11/h1-8,18H,9H2,(H,19,20)/b13-7-. The van der Waals surface area contributed by atoms with E-state index in [9.17, 15) is 9.59 Å². The minimum atomic E-state index is -1.54. The van der Waals surface area contributed by atoms with Gasteiger partial charge in [-0.1, -0.05) is 6.07 Å². The van der Waals surface area contributed by atoms with Crippen molar-refractivity contribution >= 4 is 11.8 Å². The number of carbonyl (C=O) groups is 2. The van der Waals surface area contributed by atoms with Crippen molar-refractivity contribution < 1.29 is 19.8 Å². The number of hydrogen-bond donors (Lipinski definition) is 2. The van der Waals surface area contributed by atoms with Crippen molar-refractivity contribution in [1.29, 1.82) is 0 Å². The Labute approximate surface area is 114 Å². The number of pyridine rings is 1. The highest BCUT2D eigenvalue weighted by atomic mass is 16.4. The first kappa shape index (κ1) is 13.5. The summed E-state index contributed by atoms with van der Waals surface area (Å²) in [6.07, 6.45) is 5.62. The van der Waals surface area contributed by atoms with Crippen LogP contribution < -0.4 is 0 Å². The summed E-state index contributed by atoms with van der Waals surface area (Å²) in [6.45, 7) is 0.503. The third kappa shape index (κ3) is 3.32. The molecule has 0 radical (unpaired) electrons. The molecule has 2 aromatic heterocycles. The third-order valence-corrected chi connectivity index (χ3v) is 2.59. The van der Waals surface area contributed by atoms with Gasteiger partial charge in [-0.2, -0.15) is 0 Å². The number of ketones is 1. The topological polar surface area (TPSA) is 92.4 Å².